The van der Waals surface area contributed by atoms with Gasteiger partial charge in [0.2, 0.25) is 0 Å². The zero-order valence-electron chi connectivity index (χ0n) is 7.38. The number of sulfonamides is 1. The van der Waals surface area contributed by atoms with Crippen LogP contribution in [0, 0.1) is 0 Å². The second-order valence-corrected chi connectivity index (χ2v) is 4.36. The van der Waals surface area contributed by atoms with Crippen molar-refractivity contribution in [3.05, 3.63) is 0 Å². The van der Waals surface area contributed by atoms with Crippen LogP contribution in [0.3, 0.4) is 0 Å². The van der Waals surface area contributed by atoms with Gasteiger partial charge < -0.3 is 5.11 Å². The molecule has 0 rings (SSSR count). The summed E-state index contributed by atoms with van der Waals surface area (Å²) in [5, 5.41) is 2.07. The number of rotatable bonds is 5. The van der Waals surface area contributed by atoms with Crippen molar-refractivity contribution in [2.24, 2.45) is 0 Å². The third-order valence-corrected chi connectivity index (χ3v) is 2.79. The summed E-state index contributed by atoms with van der Waals surface area (Å²) in [6.07, 6.45) is -7.17. The van der Waals surface area contributed by atoms with E-state index in [9.17, 15) is 35.2 Å². The molecule has 16 heavy (non-hydrogen) atoms. The molecule has 0 atom stereocenters. The van der Waals surface area contributed by atoms with E-state index in [-0.39, 0.29) is 0 Å². The average Bonchev–Trinajstić information content (AvgIpc) is 2.00. The molecule has 0 saturated heterocycles. The maximum atomic E-state index is 12.3. The minimum absolute atomic E-state index is 0.859. The molecule has 0 unspecified atom stereocenters. The highest BCUT2D eigenvalue weighted by Gasteiger charge is 2.67. The van der Waals surface area contributed by atoms with Gasteiger partial charge in [-0.05, 0) is 0 Å². The normalized spacial score (nSPS) is 13.8. The summed E-state index contributed by atoms with van der Waals surface area (Å²) in [5.74, 6) is -1.54. The van der Waals surface area contributed by atoms with E-state index in [1.807, 2.05) is 0 Å². The van der Waals surface area contributed by atoms with Gasteiger partial charge in [0.1, 0.15) is 0 Å². The summed E-state index contributed by atoms with van der Waals surface area (Å²) < 4.78 is 81.4. The fraction of sp³-hybridized carbons (Fsp3) is 0.800. The number of carboxylic acid groups (broad SMARTS) is 1. The van der Waals surface area contributed by atoms with E-state index in [2.05, 4.69) is 0 Å². The summed E-state index contributed by atoms with van der Waals surface area (Å²) in [7, 11) is -5.98. The van der Waals surface area contributed by atoms with Crippen LogP contribution in [0.1, 0.15) is 6.42 Å². The maximum Gasteiger partial charge on any atom is 0.470 e. The first kappa shape index (κ1) is 15.0. The molecule has 0 amide bonds. The molecule has 0 aromatic heterocycles. The number of carbonyl (C=O) groups is 1. The van der Waals surface area contributed by atoms with Gasteiger partial charge in [0.25, 0.3) is 10.0 Å². The molecule has 0 aromatic rings. The largest absolute Gasteiger partial charge is 0.481 e. The molecule has 0 aliphatic heterocycles. The van der Waals surface area contributed by atoms with Gasteiger partial charge in [-0.3, -0.25) is 4.79 Å². The second kappa shape index (κ2) is 4.49. The van der Waals surface area contributed by atoms with E-state index in [0.717, 1.165) is 4.72 Å². The molecule has 0 spiro atoms. The lowest BCUT2D eigenvalue weighted by Crippen LogP contribution is -2.50. The molecule has 96 valence electrons. The third kappa shape index (κ3) is 3.27. The molecule has 11 heteroatoms. The van der Waals surface area contributed by atoms with Crippen molar-refractivity contribution >= 4 is 16.0 Å². The Morgan fingerprint density at radius 2 is 1.62 bits per heavy atom. The first-order valence-electron chi connectivity index (χ1n) is 3.57. The topological polar surface area (TPSA) is 83.5 Å². The number of carboxylic acids is 1. The van der Waals surface area contributed by atoms with Gasteiger partial charge in [-0.25, -0.2) is 13.1 Å². The van der Waals surface area contributed by atoms with Crippen molar-refractivity contribution in [3.8, 4) is 0 Å². The van der Waals surface area contributed by atoms with Crippen LogP contribution < -0.4 is 4.72 Å². The van der Waals surface area contributed by atoms with Gasteiger partial charge >= 0.3 is 17.4 Å². The summed E-state index contributed by atoms with van der Waals surface area (Å²) in [4.78, 5) is 9.89. The van der Waals surface area contributed by atoms with Crippen LogP contribution in [0.5, 0.6) is 0 Å². The molecule has 0 aromatic carbocycles. The number of nitrogens with one attached hydrogen (secondary N) is 1. The minimum atomic E-state index is -6.26. The molecule has 2 N–H and O–H groups in total. The van der Waals surface area contributed by atoms with E-state index in [4.69, 9.17) is 5.11 Å². The Labute approximate surface area is 86.3 Å². The average molecular weight is 271 g/mol. The van der Waals surface area contributed by atoms with Crippen molar-refractivity contribution in [2.75, 3.05) is 6.54 Å². The van der Waals surface area contributed by atoms with Crippen LogP contribution in [-0.4, -0.2) is 37.5 Å². The van der Waals surface area contributed by atoms with Gasteiger partial charge in [-0.2, -0.15) is 22.0 Å². The van der Waals surface area contributed by atoms with Gasteiger partial charge in [-0.15, -0.1) is 0 Å². The van der Waals surface area contributed by atoms with E-state index in [1.165, 1.54) is 0 Å². The highest BCUT2D eigenvalue weighted by atomic mass is 32.2. The highest BCUT2D eigenvalue weighted by Crippen LogP contribution is 2.39. The Balaban J connectivity index is 4.74. The van der Waals surface area contributed by atoms with Crippen LogP contribution in [-0.2, 0) is 14.8 Å². The molecule has 0 aliphatic carbocycles. The van der Waals surface area contributed by atoms with Crippen LogP contribution in [0.4, 0.5) is 22.0 Å². The number of hydrogen-bond donors (Lipinski definition) is 2. The van der Waals surface area contributed by atoms with Crippen LogP contribution in [0.2, 0.25) is 0 Å². The minimum Gasteiger partial charge on any atom is -0.481 e. The second-order valence-electron chi connectivity index (χ2n) is 2.56. The van der Waals surface area contributed by atoms with E-state index in [1.54, 1.807) is 0 Å². The number of aliphatic carboxylic acids is 1. The highest BCUT2D eigenvalue weighted by molar-refractivity contribution is 7.90. The van der Waals surface area contributed by atoms with E-state index in [0.29, 0.717) is 0 Å². The van der Waals surface area contributed by atoms with Crippen molar-refractivity contribution in [1.82, 2.24) is 4.72 Å². The van der Waals surface area contributed by atoms with Crippen molar-refractivity contribution < 1.29 is 40.3 Å². The molecule has 0 heterocycles. The van der Waals surface area contributed by atoms with Crippen LogP contribution in [0.25, 0.3) is 0 Å². The summed E-state index contributed by atoms with van der Waals surface area (Å²) in [6.45, 7) is -1.05. The van der Waals surface area contributed by atoms with Crippen molar-refractivity contribution in [2.45, 2.75) is 17.9 Å². The Morgan fingerprint density at radius 1 is 1.19 bits per heavy atom. The molecular formula is C5H6F5NO4S. The molecule has 0 radical (unpaired) electrons. The molecule has 0 fully saturated rings. The first-order valence-corrected chi connectivity index (χ1v) is 5.05. The zero-order valence-corrected chi connectivity index (χ0v) is 8.20. The van der Waals surface area contributed by atoms with Gasteiger partial charge in [0.15, 0.2) is 0 Å². The Bertz CT molecular complexity index is 362. The number of halogens is 5. The van der Waals surface area contributed by atoms with Crippen LogP contribution in [0.15, 0.2) is 0 Å². The van der Waals surface area contributed by atoms with E-state index >= 15 is 0 Å². The van der Waals surface area contributed by atoms with Crippen molar-refractivity contribution in [3.63, 3.8) is 0 Å². The fourth-order valence-electron chi connectivity index (χ4n) is 0.535. The molecule has 5 nitrogen and oxygen atoms in total. The SMILES string of the molecule is O=C(O)CCNS(=O)(=O)C(F)(F)C(F)(F)F. The Morgan fingerprint density at radius 3 is 1.94 bits per heavy atom. The fourth-order valence-corrected chi connectivity index (χ4v) is 1.39. The lowest BCUT2D eigenvalue weighted by Gasteiger charge is -2.19. The monoisotopic (exact) mass is 271 g/mol. The first-order chi connectivity index (χ1) is 6.92. The molecule has 0 bridgehead atoms. The standard InChI is InChI=1S/C5H6F5NO4S/c6-4(7,8)5(9,10)16(14,15)11-2-1-3(12)13/h11H,1-2H2,(H,12,13). The van der Waals surface area contributed by atoms with Gasteiger partial charge in [0, 0.05) is 6.54 Å². The Hall–Kier alpha value is -0.970. The van der Waals surface area contributed by atoms with Gasteiger partial charge in [0.05, 0.1) is 6.42 Å². The van der Waals surface area contributed by atoms with E-state index < -0.39 is 40.4 Å². The van der Waals surface area contributed by atoms with Crippen molar-refractivity contribution in [1.29, 1.82) is 0 Å². The van der Waals surface area contributed by atoms with Crippen LogP contribution >= 0.6 is 0 Å². The third-order valence-electron chi connectivity index (χ3n) is 1.30. The number of hydrogen-bond acceptors (Lipinski definition) is 3. The number of alkyl halides is 5. The molecule has 0 saturated carbocycles. The Kier molecular flexibility index (Phi) is 4.22. The van der Waals surface area contributed by atoms with Gasteiger partial charge in [-0.1, -0.05) is 0 Å². The summed E-state index contributed by atoms with van der Waals surface area (Å²) >= 11 is 0. The summed E-state index contributed by atoms with van der Waals surface area (Å²) in [5.41, 5.74) is 0. The molecule has 0 aliphatic rings. The quantitative estimate of drug-likeness (QED) is 0.715. The lowest BCUT2D eigenvalue weighted by molar-refractivity contribution is -0.241. The molecular weight excluding hydrogens is 265 g/mol. The predicted molar refractivity (Wildman–Crippen MR) is 40.2 cm³/mol. The summed E-state index contributed by atoms with van der Waals surface area (Å²) in [6, 6.07) is 0. The maximum absolute atomic E-state index is 12.3. The lowest BCUT2D eigenvalue weighted by atomic mass is 10.5. The smallest absolute Gasteiger partial charge is 0.470 e. The zero-order chi connectivity index (χ0) is 13.2. The predicted octanol–water partition coefficient (Wildman–Crippen LogP) is 0.536.